The fourth-order valence-electron chi connectivity index (χ4n) is 3.86. The molecule has 1 aromatic carbocycles. The third-order valence-electron chi connectivity index (χ3n) is 5.44. The van der Waals surface area contributed by atoms with Gasteiger partial charge in [-0.1, -0.05) is 31.2 Å². The number of thiophene rings is 1. The fourth-order valence-corrected chi connectivity index (χ4v) is 4.87. The fraction of sp³-hybridized carbons (Fsp3) is 0.381. The average molecular weight is 382 g/mol. The minimum Gasteiger partial charge on any atom is -0.481 e. The number of carbonyl (C=O) groups is 1. The van der Waals surface area contributed by atoms with Crippen LogP contribution in [0.4, 0.5) is 5.82 Å². The van der Waals surface area contributed by atoms with Gasteiger partial charge >= 0.3 is 5.97 Å². The Bertz CT molecular complexity index is 973. The van der Waals surface area contributed by atoms with E-state index < -0.39 is 5.97 Å². The van der Waals surface area contributed by atoms with Crippen molar-refractivity contribution >= 4 is 33.3 Å². The van der Waals surface area contributed by atoms with Gasteiger partial charge in [-0.15, -0.1) is 11.3 Å². The Balaban J connectivity index is 1.77. The third-order valence-corrected chi connectivity index (χ3v) is 6.45. The van der Waals surface area contributed by atoms with Crippen molar-refractivity contribution in [2.24, 2.45) is 5.92 Å². The SMILES string of the molecule is CCc1ccc(-c2c(C)sc3ncnc(N4CCC(C(=O)O)CC4)c23)cc1. The maximum atomic E-state index is 11.3. The van der Waals surface area contributed by atoms with E-state index in [0.29, 0.717) is 25.9 Å². The standard InChI is InChI=1S/C21H23N3O2S/c1-3-14-4-6-15(7-5-14)17-13(2)27-20-18(17)19(22-12-23-20)24-10-8-16(9-11-24)21(25)26/h4-7,12,16H,3,8-11H2,1-2H3,(H,25,26). The molecule has 6 heteroatoms. The Morgan fingerprint density at radius 3 is 2.56 bits per heavy atom. The number of hydrogen-bond acceptors (Lipinski definition) is 5. The van der Waals surface area contributed by atoms with E-state index in [1.807, 2.05) is 0 Å². The lowest BCUT2D eigenvalue weighted by atomic mass is 9.96. The largest absolute Gasteiger partial charge is 0.481 e. The first kappa shape index (κ1) is 17.9. The number of rotatable bonds is 4. The number of benzene rings is 1. The highest BCUT2D eigenvalue weighted by Crippen LogP contribution is 2.42. The minimum absolute atomic E-state index is 0.246. The second kappa shape index (κ2) is 7.27. The topological polar surface area (TPSA) is 66.3 Å². The van der Waals surface area contributed by atoms with E-state index in [0.717, 1.165) is 22.5 Å². The molecule has 0 amide bonds. The first-order valence-electron chi connectivity index (χ1n) is 9.39. The number of aliphatic carboxylic acids is 1. The van der Waals surface area contributed by atoms with Gasteiger partial charge in [-0.2, -0.15) is 0 Å². The van der Waals surface area contributed by atoms with Gasteiger partial charge in [0.05, 0.1) is 11.3 Å². The molecule has 27 heavy (non-hydrogen) atoms. The van der Waals surface area contributed by atoms with E-state index in [4.69, 9.17) is 0 Å². The van der Waals surface area contributed by atoms with Crippen molar-refractivity contribution in [1.29, 1.82) is 0 Å². The van der Waals surface area contributed by atoms with Crippen LogP contribution in [-0.4, -0.2) is 34.1 Å². The van der Waals surface area contributed by atoms with Crippen LogP contribution >= 0.6 is 11.3 Å². The molecule has 0 radical (unpaired) electrons. The summed E-state index contributed by atoms with van der Waals surface area (Å²) in [5.41, 5.74) is 3.71. The highest BCUT2D eigenvalue weighted by molar-refractivity contribution is 7.19. The number of anilines is 1. The summed E-state index contributed by atoms with van der Waals surface area (Å²) >= 11 is 1.70. The molecule has 0 atom stereocenters. The Hall–Kier alpha value is -2.47. The normalized spacial score (nSPS) is 15.4. The number of aryl methyl sites for hydroxylation is 2. The second-order valence-corrected chi connectivity index (χ2v) is 8.26. The van der Waals surface area contributed by atoms with Crippen molar-refractivity contribution in [2.75, 3.05) is 18.0 Å². The molecule has 1 saturated heterocycles. The Morgan fingerprint density at radius 1 is 1.22 bits per heavy atom. The Labute approximate surface area is 162 Å². The molecular weight excluding hydrogens is 358 g/mol. The van der Waals surface area contributed by atoms with Crippen LogP contribution in [0.25, 0.3) is 21.3 Å². The second-order valence-electron chi connectivity index (χ2n) is 7.06. The van der Waals surface area contributed by atoms with Crippen molar-refractivity contribution in [3.63, 3.8) is 0 Å². The van der Waals surface area contributed by atoms with E-state index in [1.54, 1.807) is 17.7 Å². The summed E-state index contributed by atoms with van der Waals surface area (Å²) in [7, 11) is 0. The molecule has 0 spiro atoms. The number of aromatic nitrogens is 2. The summed E-state index contributed by atoms with van der Waals surface area (Å²) in [6, 6.07) is 8.72. The molecule has 0 unspecified atom stereocenters. The molecule has 1 fully saturated rings. The predicted molar refractivity (Wildman–Crippen MR) is 110 cm³/mol. The van der Waals surface area contributed by atoms with Gasteiger partial charge in [0.2, 0.25) is 0 Å². The van der Waals surface area contributed by atoms with Gasteiger partial charge in [-0.25, -0.2) is 9.97 Å². The van der Waals surface area contributed by atoms with Crippen LogP contribution in [0.3, 0.4) is 0 Å². The van der Waals surface area contributed by atoms with Gasteiger partial charge in [0, 0.05) is 23.5 Å². The van der Waals surface area contributed by atoms with Gasteiger partial charge in [0.1, 0.15) is 17.0 Å². The van der Waals surface area contributed by atoms with Crippen LogP contribution < -0.4 is 4.90 Å². The number of carboxylic acid groups (broad SMARTS) is 1. The maximum Gasteiger partial charge on any atom is 0.306 e. The van der Waals surface area contributed by atoms with Crippen LogP contribution in [0.2, 0.25) is 0 Å². The zero-order chi connectivity index (χ0) is 19.0. The molecular formula is C21H23N3O2S. The molecule has 4 rings (SSSR count). The first-order chi connectivity index (χ1) is 13.1. The first-order valence-corrected chi connectivity index (χ1v) is 10.2. The number of hydrogen-bond donors (Lipinski definition) is 1. The van der Waals surface area contributed by atoms with E-state index >= 15 is 0 Å². The highest BCUT2D eigenvalue weighted by Gasteiger charge is 2.27. The van der Waals surface area contributed by atoms with Crippen LogP contribution in [0.15, 0.2) is 30.6 Å². The minimum atomic E-state index is -0.689. The third kappa shape index (κ3) is 3.30. The van der Waals surface area contributed by atoms with E-state index in [-0.39, 0.29) is 5.92 Å². The van der Waals surface area contributed by atoms with Crippen LogP contribution in [0.5, 0.6) is 0 Å². The van der Waals surface area contributed by atoms with E-state index in [2.05, 4.69) is 53.0 Å². The molecule has 0 aliphatic carbocycles. The predicted octanol–water partition coefficient (Wildman–Crippen LogP) is 4.53. The monoisotopic (exact) mass is 381 g/mol. The molecule has 0 bridgehead atoms. The van der Waals surface area contributed by atoms with Crippen molar-refractivity contribution < 1.29 is 9.90 Å². The molecule has 2 aromatic heterocycles. The lowest BCUT2D eigenvalue weighted by molar-refractivity contribution is -0.142. The average Bonchev–Trinajstić information content (AvgIpc) is 3.04. The van der Waals surface area contributed by atoms with Gasteiger partial charge in [0.15, 0.2) is 0 Å². The molecule has 1 aliphatic rings. The summed E-state index contributed by atoms with van der Waals surface area (Å²) in [6.07, 6.45) is 3.96. The van der Waals surface area contributed by atoms with E-state index in [9.17, 15) is 9.90 Å². The summed E-state index contributed by atoms with van der Waals surface area (Å²) in [4.78, 5) is 24.8. The van der Waals surface area contributed by atoms with Gasteiger partial charge < -0.3 is 10.0 Å². The Kier molecular flexibility index (Phi) is 4.83. The lowest BCUT2D eigenvalue weighted by Gasteiger charge is -2.31. The summed E-state index contributed by atoms with van der Waals surface area (Å²) in [5, 5.41) is 10.4. The zero-order valence-corrected chi connectivity index (χ0v) is 16.4. The van der Waals surface area contributed by atoms with Crippen molar-refractivity contribution in [3.05, 3.63) is 41.0 Å². The quantitative estimate of drug-likeness (QED) is 0.719. The van der Waals surface area contributed by atoms with E-state index in [1.165, 1.54) is 21.6 Å². The number of carboxylic acids is 1. The number of piperidine rings is 1. The van der Waals surface area contributed by atoms with Crippen LogP contribution in [-0.2, 0) is 11.2 Å². The molecule has 5 nitrogen and oxygen atoms in total. The number of fused-ring (bicyclic) bond motifs is 1. The summed E-state index contributed by atoms with van der Waals surface area (Å²) in [5.74, 6) is -0.00262. The van der Waals surface area contributed by atoms with Gasteiger partial charge in [-0.3, -0.25) is 4.79 Å². The smallest absolute Gasteiger partial charge is 0.306 e. The number of nitrogens with zero attached hydrogens (tertiary/aromatic N) is 3. The summed E-state index contributed by atoms with van der Waals surface area (Å²) in [6.45, 7) is 5.72. The highest BCUT2D eigenvalue weighted by atomic mass is 32.1. The van der Waals surface area contributed by atoms with Crippen LogP contribution in [0, 0.1) is 12.8 Å². The van der Waals surface area contributed by atoms with Crippen molar-refractivity contribution in [2.45, 2.75) is 33.1 Å². The maximum absolute atomic E-state index is 11.3. The molecule has 1 aliphatic heterocycles. The molecule has 140 valence electrons. The summed E-state index contributed by atoms with van der Waals surface area (Å²) < 4.78 is 0. The zero-order valence-electron chi connectivity index (χ0n) is 15.6. The van der Waals surface area contributed by atoms with Crippen LogP contribution in [0.1, 0.15) is 30.2 Å². The Morgan fingerprint density at radius 2 is 1.93 bits per heavy atom. The molecule has 1 N–H and O–H groups in total. The molecule has 0 saturated carbocycles. The van der Waals surface area contributed by atoms with Crippen molar-refractivity contribution in [1.82, 2.24) is 9.97 Å². The van der Waals surface area contributed by atoms with Crippen molar-refractivity contribution in [3.8, 4) is 11.1 Å². The lowest BCUT2D eigenvalue weighted by Crippen LogP contribution is -2.36. The molecule has 3 heterocycles. The van der Waals surface area contributed by atoms with Gasteiger partial charge in [0.25, 0.3) is 0 Å². The molecule has 3 aromatic rings. The van der Waals surface area contributed by atoms with Gasteiger partial charge in [-0.05, 0) is 37.3 Å².